The Morgan fingerprint density at radius 3 is 2.02 bits per heavy atom. The molecule has 1 spiro atoms. The number of carbonyl (C=O) groups is 2. The maximum absolute atomic E-state index is 13.6. The average molecular weight is 816 g/mol. The van der Waals surface area contributed by atoms with Crippen LogP contribution in [0.25, 0.3) is 0 Å². The zero-order valence-electron chi connectivity index (χ0n) is 32.6. The molecule has 2 amide bonds. The Bertz CT molecular complexity index is 2110. The van der Waals surface area contributed by atoms with Crippen molar-refractivity contribution < 1.29 is 23.8 Å². The molecule has 1 aliphatic heterocycles. The number of rotatable bonds is 11. The Morgan fingerprint density at radius 1 is 0.750 bits per heavy atom. The predicted molar refractivity (Wildman–Crippen MR) is 227 cm³/mol. The molecule has 0 radical (unpaired) electrons. The van der Waals surface area contributed by atoms with E-state index in [1.54, 1.807) is 14.2 Å². The number of benzene rings is 5. The van der Waals surface area contributed by atoms with Gasteiger partial charge in [-0.25, -0.2) is 0 Å². The van der Waals surface area contributed by atoms with Crippen LogP contribution >= 0.6 is 15.9 Å². The van der Waals surface area contributed by atoms with Gasteiger partial charge >= 0.3 is 0 Å². The van der Waals surface area contributed by atoms with Crippen molar-refractivity contribution in [3.63, 3.8) is 0 Å². The van der Waals surface area contributed by atoms with E-state index in [4.69, 9.17) is 14.2 Å². The van der Waals surface area contributed by atoms with Crippen LogP contribution in [0.5, 0.6) is 17.2 Å². The highest BCUT2D eigenvalue weighted by atomic mass is 79.9. The van der Waals surface area contributed by atoms with E-state index in [1.807, 2.05) is 107 Å². The molecule has 5 aromatic rings. The van der Waals surface area contributed by atoms with Gasteiger partial charge in [-0.15, -0.1) is 0 Å². The molecule has 7 nitrogen and oxygen atoms in total. The number of methoxy groups -OCH3 is 2. The number of ether oxygens (including phenoxy) is 3. The third kappa shape index (κ3) is 8.66. The fourth-order valence-electron chi connectivity index (χ4n) is 8.40. The smallest absolute Gasteiger partial charge is 0.238 e. The summed E-state index contributed by atoms with van der Waals surface area (Å²) >= 11 is 3.67. The summed E-state index contributed by atoms with van der Waals surface area (Å²) in [4.78, 5) is 30.8. The summed E-state index contributed by atoms with van der Waals surface area (Å²) in [6.45, 7) is 3.70. The van der Waals surface area contributed by atoms with Gasteiger partial charge in [0.05, 0.1) is 38.4 Å². The third-order valence-corrected chi connectivity index (χ3v) is 12.2. The molecule has 0 N–H and O–H groups in total. The lowest BCUT2D eigenvalue weighted by atomic mass is 9.80. The molecule has 2 fully saturated rings. The second-order valence-corrected chi connectivity index (χ2v) is 16.0. The highest BCUT2D eigenvalue weighted by Crippen LogP contribution is 2.52. The lowest BCUT2D eigenvalue weighted by molar-refractivity contribution is -0.123. The second-order valence-electron chi connectivity index (χ2n) is 15.2. The van der Waals surface area contributed by atoms with Crippen molar-refractivity contribution in [2.45, 2.75) is 83.4 Å². The molecule has 0 aromatic heterocycles. The molecule has 8 rings (SSSR count). The van der Waals surface area contributed by atoms with Gasteiger partial charge in [0, 0.05) is 22.1 Å². The summed E-state index contributed by atoms with van der Waals surface area (Å²) in [5, 5.41) is 0. The standard InChI is InChI=1S/C27H28BrNO3.C21H23NO2/c1-31-23-13-11-20(12-14-23)18-29(27(30)22-9-5-6-10-22)26-17-24(15-16-25(26)28)32-19-21-7-3-2-4-8-21;1-15-5-10-18-19(13-15)22(20(23)21(18)11-3-4-12-21)14-16-6-8-17(24-2)9-7-16/h2-4,7-8,11-17,22H,5-6,9-10,18-19H2,1H3;5-10,13H,3-4,11-12,14H2,1-2H3. The van der Waals surface area contributed by atoms with Gasteiger partial charge in [0.1, 0.15) is 23.9 Å². The minimum absolute atomic E-state index is 0.0778. The number of nitrogens with zero attached hydrogens (tertiary/aromatic N) is 2. The number of amides is 2. The molecule has 0 saturated heterocycles. The summed E-state index contributed by atoms with van der Waals surface area (Å²) in [6, 6.07) is 38.3. The zero-order chi connectivity index (χ0) is 39.1. The molecule has 0 bridgehead atoms. The summed E-state index contributed by atoms with van der Waals surface area (Å²) in [5.74, 6) is 2.94. The molecular formula is C48H51BrN2O5. The highest BCUT2D eigenvalue weighted by molar-refractivity contribution is 9.10. The first-order valence-corrected chi connectivity index (χ1v) is 20.5. The SMILES string of the molecule is COc1ccc(CN(C(=O)C2CCCC2)c2cc(OCc3ccccc3)ccc2Br)cc1.COc1ccc(CN2C(=O)C3(CCCC3)c3ccc(C)cc32)cc1. The average Bonchev–Trinajstić information content (AvgIpc) is 4.00. The fourth-order valence-corrected chi connectivity index (χ4v) is 8.86. The van der Waals surface area contributed by atoms with E-state index in [0.717, 1.165) is 101 Å². The molecule has 0 unspecified atom stereocenters. The normalized spacial score (nSPS) is 15.6. The van der Waals surface area contributed by atoms with Crippen LogP contribution in [-0.2, 0) is 34.7 Å². The fraction of sp³-hybridized carbons (Fsp3) is 0.333. The van der Waals surface area contributed by atoms with Gasteiger partial charge < -0.3 is 24.0 Å². The highest BCUT2D eigenvalue weighted by Gasteiger charge is 2.51. The van der Waals surface area contributed by atoms with Crippen LogP contribution in [0, 0.1) is 12.8 Å². The molecule has 5 aromatic carbocycles. The number of hydrogen-bond acceptors (Lipinski definition) is 5. The minimum atomic E-state index is -0.268. The Kier molecular flexibility index (Phi) is 12.5. The number of halogens is 1. The van der Waals surface area contributed by atoms with Crippen molar-refractivity contribution >= 4 is 39.1 Å². The molecule has 2 saturated carbocycles. The van der Waals surface area contributed by atoms with Crippen molar-refractivity contribution in [2.24, 2.45) is 5.92 Å². The quantitative estimate of drug-likeness (QED) is 0.133. The number of anilines is 2. The Balaban J connectivity index is 0.000000178. The van der Waals surface area contributed by atoms with Crippen LogP contribution in [0.4, 0.5) is 11.4 Å². The van der Waals surface area contributed by atoms with Crippen molar-refractivity contribution in [3.05, 3.63) is 148 Å². The van der Waals surface area contributed by atoms with Crippen molar-refractivity contribution in [1.29, 1.82) is 0 Å². The van der Waals surface area contributed by atoms with Gasteiger partial charge in [-0.3, -0.25) is 9.59 Å². The van der Waals surface area contributed by atoms with Crippen LogP contribution in [-0.4, -0.2) is 26.0 Å². The van der Waals surface area contributed by atoms with Gasteiger partial charge in [-0.2, -0.15) is 0 Å². The van der Waals surface area contributed by atoms with Gasteiger partial charge in [-0.1, -0.05) is 92.4 Å². The molecule has 1 heterocycles. The largest absolute Gasteiger partial charge is 0.497 e. The van der Waals surface area contributed by atoms with Crippen LogP contribution < -0.4 is 24.0 Å². The van der Waals surface area contributed by atoms with E-state index in [9.17, 15) is 9.59 Å². The number of fused-ring (bicyclic) bond motifs is 2. The summed E-state index contributed by atoms with van der Waals surface area (Å²) in [7, 11) is 3.32. The van der Waals surface area contributed by atoms with E-state index in [1.165, 1.54) is 11.1 Å². The van der Waals surface area contributed by atoms with E-state index in [-0.39, 0.29) is 23.1 Å². The van der Waals surface area contributed by atoms with Gasteiger partial charge in [-0.05, 0) is 119 Å². The van der Waals surface area contributed by atoms with Crippen molar-refractivity contribution in [3.8, 4) is 17.2 Å². The van der Waals surface area contributed by atoms with Crippen molar-refractivity contribution in [2.75, 3.05) is 24.0 Å². The topological polar surface area (TPSA) is 68.3 Å². The first-order valence-electron chi connectivity index (χ1n) is 19.7. The molecular weight excluding hydrogens is 764 g/mol. The van der Waals surface area contributed by atoms with Crippen LogP contribution in [0.15, 0.2) is 120 Å². The molecule has 56 heavy (non-hydrogen) atoms. The Labute approximate surface area is 339 Å². The van der Waals surface area contributed by atoms with E-state index in [0.29, 0.717) is 19.7 Å². The van der Waals surface area contributed by atoms with Crippen LogP contribution in [0.1, 0.15) is 79.2 Å². The molecule has 2 aliphatic carbocycles. The van der Waals surface area contributed by atoms with E-state index < -0.39 is 0 Å². The first kappa shape index (κ1) is 39.2. The van der Waals surface area contributed by atoms with E-state index in [2.05, 4.69) is 41.1 Å². The second kappa shape index (κ2) is 17.8. The Morgan fingerprint density at radius 2 is 1.38 bits per heavy atom. The van der Waals surface area contributed by atoms with E-state index >= 15 is 0 Å². The minimum Gasteiger partial charge on any atom is -0.497 e. The number of hydrogen-bond donors (Lipinski definition) is 0. The summed E-state index contributed by atoms with van der Waals surface area (Å²) < 4.78 is 17.4. The van der Waals surface area contributed by atoms with Crippen LogP contribution in [0.2, 0.25) is 0 Å². The lowest BCUT2D eigenvalue weighted by Crippen LogP contribution is -2.38. The number of carbonyl (C=O) groups excluding carboxylic acids is 2. The predicted octanol–water partition coefficient (Wildman–Crippen LogP) is 11.1. The molecule has 8 heteroatoms. The summed E-state index contributed by atoms with van der Waals surface area (Å²) in [6.07, 6.45) is 8.43. The monoisotopic (exact) mass is 814 g/mol. The molecule has 290 valence electrons. The van der Waals surface area contributed by atoms with Gasteiger partial charge in [0.25, 0.3) is 0 Å². The maximum Gasteiger partial charge on any atom is 0.238 e. The van der Waals surface area contributed by atoms with Crippen molar-refractivity contribution in [1.82, 2.24) is 0 Å². The zero-order valence-corrected chi connectivity index (χ0v) is 34.2. The number of aryl methyl sites for hydroxylation is 1. The van der Waals surface area contributed by atoms with Gasteiger partial charge in [0.15, 0.2) is 0 Å². The van der Waals surface area contributed by atoms with Crippen LogP contribution in [0.3, 0.4) is 0 Å². The molecule has 0 atom stereocenters. The molecule has 3 aliphatic rings. The summed E-state index contributed by atoms with van der Waals surface area (Å²) in [5.41, 5.74) is 7.41. The first-order chi connectivity index (χ1) is 27.3. The lowest BCUT2D eigenvalue weighted by Gasteiger charge is -2.27. The third-order valence-electron chi connectivity index (χ3n) is 11.5. The van der Waals surface area contributed by atoms with Gasteiger partial charge in [0.2, 0.25) is 11.8 Å². The Hall–Kier alpha value is -5.08. The maximum atomic E-state index is 13.6.